The van der Waals surface area contributed by atoms with Gasteiger partial charge in [-0.2, -0.15) is 0 Å². The number of aryl methyl sites for hydroxylation is 2. The third-order valence-electron chi connectivity index (χ3n) is 2.83. The predicted octanol–water partition coefficient (Wildman–Crippen LogP) is 3.66. The smallest absolute Gasteiger partial charge is 0.129 e. The molecule has 0 aliphatic carbocycles. The Morgan fingerprint density at radius 3 is 2.33 bits per heavy atom. The van der Waals surface area contributed by atoms with E-state index in [-0.39, 0.29) is 5.56 Å². The van der Waals surface area contributed by atoms with Crippen molar-refractivity contribution in [2.24, 2.45) is 0 Å². The second kappa shape index (κ2) is 4.86. The lowest BCUT2D eigenvalue weighted by molar-refractivity contribution is 0.214. The first-order valence-electron chi connectivity index (χ1n) is 5.68. The molecule has 0 radical (unpaired) electrons. The van der Waals surface area contributed by atoms with E-state index in [9.17, 15) is 13.9 Å². The molecule has 2 aromatic carbocycles. The van der Waals surface area contributed by atoms with Gasteiger partial charge in [0.1, 0.15) is 17.7 Å². The lowest BCUT2D eigenvalue weighted by atomic mass is 9.98. The van der Waals surface area contributed by atoms with Crippen LogP contribution in [0.1, 0.15) is 28.4 Å². The molecular weight excluding hydrogens is 234 g/mol. The van der Waals surface area contributed by atoms with E-state index in [4.69, 9.17) is 0 Å². The zero-order valence-electron chi connectivity index (χ0n) is 10.2. The molecule has 94 valence electrons. The van der Waals surface area contributed by atoms with Gasteiger partial charge in [-0.15, -0.1) is 0 Å². The van der Waals surface area contributed by atoms with Crippen molar-refractivity contribution < 1.29 is 13.9 Å². The third-order valence-corrected chi connectivity index (χ3v) is 2.83. The minimum absolute atomic E-state index is 0.167. The number of aliphatic hydroxyl groups is 1. The van der Waals surface area contributed by atoms with E-state index >= 15 is 0 Å². The molecule has 0 saturated heterocycles. The highest BCUT2D eigenvalue weighted by atomic mass is 19.1. The van der Waals surface area contributed by atoms with Crippen LogP contribution in [0.15, 0.2) is 36.4 Å². The number of hydrogen-bond acceptors (Lipinski definition) is 1. The van der Waals surface area contributed by atoms with Gasteiger partial charge in [-0.05, 0) is 43.2 Å². The second-order valence-electron chi connectivity index (χ2n) is 4.49. The van der Waals surface area contributed by atoms with Crippen molar-refractivity contribution in [2.75, 3.05) is 0 Å². The lowest BCUT2D eigenvalue weighted by Crippen LogP contribution is -2.04. The summed E-state index contributed by atoms with van der Waals surface area (Å²) in [4.78, 5) is 0. The first-order valence-corrected chi connectivity index (χ1v) is 5.68. The molecule has 1 N–H and O–H groups in total. The van der Waals surface area contributed by atoms with Gasteiger partial charge in [0.15, 0.2) is 0 Å². The molecular formula is C15H14F2O. The molecule has 0 amide bonds. The zero-order valence-corrected chi connectivity index (χ0v) is 10.2. The van der Waals surface area contributed by atoms with E-state index < -0.39 is 17.7 Å². The molecule has 1 atom stereocenters. The molecule has 2 rings (SSSR count). The lowest BCUT2D eigenvalue weighted by Gasteiger charge is -2.14. The van der Waals surface area contributed by atoms with Crippen LogP contribution in [0.3, 0.4) is 0 Å². The Kier molecular flexibility index (Phi) is 3.43. The predicted molar refractivity (Wildman–Crippen MR) is 66.3 cm³/mol. The number of hydrogen-bond donors (Lipinski definition) is 1. The van der Waals surface area contributed by atoms with Crippen LogP contribution >= 0.6 is 0 Å². The van der Waals surface area contributed by atoms with Crippen molar-refractivity contribution in [2.45, 2.75) is 20.0 Å². The Bertz CT molecular complexity index is 558. The number of aliphatic hydroxyl groups excluding tert-OH is 1. The maximum absolute atomic E-state index is 13.7. The molecule has 0 aliphatic rings. The second-order valence-corrected chi connectivity index (χ2v) is 4.49. The van der Waals surface area contributed by atoms with Gasteiger partial charge in [0.2, 0.25) is 0 Å². The van der Waals surface area contributed by atoms with E-state index in [2.05, 4.69) is 0 Å². The Balaban J connectivity index is 2.47. The topological polar surface area (TPSA) is 20.2 Å². The van der Waals surface area contributed by atoms with Gasteiger partial charge < -0.3 is 5.11 Å². The Morgan fingerprint density at radius 1 is 0.944 bits per heavy atom. The van der Waals surface area contributed by atoms with Crippen molar-refractivity contribution in [3.05, 3.63) is 70.3 Å². The fourth-order valence-electron chi connectivity index (χ4n) is 1.97. The van der Waals surface area contributed by atoms with Crippen LogP contribution in [-0.2, 0) is 0 Å². The Hall–Kier alpha value is -1.74. The van der Waals surface area contributed by atoms with Gasteiger partial charge in [-0.3, -0.25) is 0 Å². The molecule has 0 bridgehead atoms. The van der Waals surface area contributed by atoms with Gasteiger partial charge in [0.05, 0.1) is 0 Å². The highest BCUT2D eigenvalue weighted by Crippen LogP contribution is 2.26. The fraction of sp³-hybridized carbons (Fsp3) is 0.200. The van der Waals surface area contributed by atoms with E-state index in [1.165, 1.54) is 18.2 Å². The highest BCUT2D eigenvalue weighted by molar-refractivity contribution is 5.35. The standard InChI is InChI=1S/C15H14F2O/c1-9-3-4-14(17)13(7-9)15(18)11-5-10(2)6-12(16)8-11/h3-8,15,18H,1-2H3. The summed E-state index contributed by atoms with van der Waals surface area (Å²) in [7, 11) is 0. The normalized spacial score (nSPS) is 12.5. The molecule has 0 aromatic heterocycles. The first-order chi connectivity index (χ1) is 8.47. The summed E-state index contributed by atoms with van der Waals surface area (Å²) in [5, 5.41) is 10.1. The minimum atomic E-state index is -1.15. The maximum Gasteiger partial charge on any atom is 0.129 e. The SMILES string of the molecule is Cc1cc(F)cc(C(O)c2cc(C)ccc2F)c1. The maximum atomic E-state index is 13.7. The number of rotatable bonds is 2. The molecule has 0 fully saturated rings. The van der Waals surface area contributed by atoms with Crippen LogP contribution in [-0.4, -0.2) is 5.11 Å². The average molecular weight is 248 g/mol. The summed E-state index contributed by atoms with van der Waals surface area (Å²) in [5.74, 6) is -0.924. The molecule has 0 aliphatic heterocycles. The summed E-state index contributed by atoms with van der Waals surface area (Å²) in [6.07, 6.45) is -1.15. The Labute approximate surface area is 105 Å². The van der Waals surface area contributed by atoms with Crippen LogP contribution in [0.5, 0.6) is 0 Å². The van der Waals surface area contributed by atoms with E-state index in [0.717, 1.165) is 5.56 Å². The van der Waals surface area contributed by atoms with Gasteiger partial charge >= 0.3 is 0 Å². The van der Waals surface area contributed by atoms with Crippen LogP contribution in [0.2, 0.25) is 0 Å². The van der Waals surface area contributed by atoms with Crippen molar-refractivity contribution in [3.63, 3.8) is 0 Å². The number of benzene rings is 2. The van der Waals surface area contributed by atoms with E-state index in [1.54, 1.807) is 25.1 Å². The summed E-state index contributed by atoms with van der Waals surface area (Å²) in [5.41, 5.74) is 2.06. The largest absolute Gasteiger partial charge is 0.384 e. The molecule has 0 saturated carbocycles. The van der Waals surface area contributed by atoms with Gasteiger partial charge in [-0.1, -0.05) is 23.8 Å². The Morgan fingerprint density at radius 2 is 1.67 bits per heavy atom. The van der Waals surface area contributed by atoms with Gasteiger partial charge in [0.25, 0.3) is 0 Å². The van der Waals surface area contributed by atoms with Gasteiger partial charge in [-0.25, -0.2) is 8.78 Å². The summed E-state index contributed by atoms with van der Waals surface area (Å²) >= 11 is 0. The van der Waals surface area contributed by atoms with Crippen LogP contribution < -0.4 is 0 Å². The number of halogens is 2. The zero-order chi connectivity index (χ0) is 13.3. The molecule has 3 heteroatoms. The summed E-state index contributed by atoms with van der Waals surface area (Å²) in [6.45, 7) is 3.54. The monoisotopic (exact) mass is 248 g/mol. The molecule has 18 heavy (non-hydrogen) atoms. The van der Waals surface area contributed by atoms with Crippen LogP contribution in [0, 0.1) is 25.5 Å². The molecule has 2 aromatic rings. The quantitative estimate of drug-likeness (QED) is 0.859. The van der Waals surface area contributed by atoms with Crippen molar-refractivity contribution in [1.29, 1.82) is 0 Å². The van der Waals surface area contributed by atoms with Crippen LogP contribution in [0.4, 0.5) is 8.78 Å². The highest BCUT2D eigenvalue weighted by Gasteiger charge is 2.16. The molecule has 0 spiro atoms. The third kappa shape index (κ3) is 2.57. The van der Waals surface area contributed by atoms with E-state index in [0.29, 0.717) is 11.1 Å². The minimum Gasteiger partial charge on any atom is -0.384 e. The first kappa shape index (κ1) is 12.7. The summed E-state index contributed by atoms with van der Waals surface area (Å²) < 4.78 is 26.9. The van der Waals surface area contributed by atoms with Gasteiger partial charge in [0, 0.05) is 5.56 Å². The molecule has 1 unspecified atom stereocenters. The van der Waals surface area contributed by atoms with Crippen molar-refractivity contribution >= 4 is 0 Å². The van der Waals surface area contributed by atoms with Crippen molar-refractivity contribution in [3.8, 4) is 0 Å². The molecule has 0 heterocycles. The molecule has 1 nitrogen and oxygen atoms in total. The summed E-state index contributed by atoms with van der Waals surface area (Å²) in [6, 6.07) is 8.74. The fourth-order valence-corrected chi connectivity index (χ4v) is 1.97. The average Bonchev–Trinajstić information content (AvgIpc) is 2.30. The van der Waals surface area contributed by atoms with Crippen molar-refractivity contribution in [1.82, 2.24) is 0 Å². The van der Waals surface area contributed by atoms with E-state index in [1.807, 2.05) is 6.92 Å². The van der Waals surface area contributed by atoms with Crippen LogP contribution in [0.25, 0.3) is 0 Å².